The Morgan fingerprint density at radius 2 is 1.90 bits per heavy atom. The third kappa shape index (κ3) is 4.59. The van der Waals surface area contributed by atoms with E-state index in [2.05, 4.69) is 24.1 Å². The van der Waals surface area contributed by atoms with Crippen LogP contribution < -0.4 is 5.32 Å². The van der Waals surface area contributed by atoms with Crippen molar-refractivity contribution in [2.45, 2.75) is 58.8 Å². The minimum Gasteiger partial charge on any atom is -0.342 e. The number of carbonyl (C=O) groups excluding carboxylic acids is 1. The van der Waals surface area contributed by atoms with Crippen molar-refractivity contribution in [3.63, 3.8) is 0 Å². The number of hydrogen-bond acceptors (Lipinski definition) is 2. The smallest absolute Gasteiger partial charge is 0.228 e. The number of halogens is 1. The Kier molecular flexibility index (Phi) is 7.49. The highest BCUT2D eigenvalue weighted by Gasteiger charge is 2.46. The molecule has 0 aromatic heterocycles. The van der Waals surface area contributed by atoms with E-state index in [4.69, 9.17) is 0 Å². The van der Waals surface area contributed by atoms with Crippen LogP contribution in [-0.4, -0.2) is 37.5 Å². The van der Waals surface area contributed by atoms with Gasteiger partial charge in [-0.1, -0.05) is 20.3 Å². The standard InChI is InChI=1S/C17H32N2O.ClH/c1-14(2)13-17(8-4-9-17)16(20)19-11-6-15(7-12-19)5-10-18-3;/h14-15,18H,4-13H2,1-3H3;1H. The van der Waals surface area contributed by atoms with E-state index < -0.39 is 0 Å². The molecule has 0 aromatic carbocycles. The monoisotopic (exact) mass is 316 g/mol. The van der Waals surface area contributed by atoms with E-state index >= 15 is 0 Å². The fourth-order valence-electron chi connectivity index (χ4n) is 4.00. The molecule has 1 heterocycles. The molecular formula is C17H33ClN2O. The Labute approximate surface area is 136 Å². The van der Waals surface area contributed by atoms with Gasteiger partial charge in [0.2, 0.25) is 5.91 Å². The molecule has 1 amide bonds. The molecule has 0 atom stereocenters. The van der Waals surface area contributed by atoms with Crippen LogP contribution in [0.25, 0.3) is 0 Å². The highest BCUT2D eigenvalue weighted by Crippen LogP contribution is 2.47. The fraction of sp³-hybridized carbons (Fsp3) is 0.941. The van der Waals surface area contributed by atoms with Crippen LogP contribution in [0.1, 0.15) is 58.8 Å². The predicted octanol–water partition coefficient (Wildman–Crippen LogP) is 3.47. The Morgan fingerprint density at radius 3 is 2.33 bits per heavy atom. The highest BCUT2D eigenvalue weighted by molar-refractivity contribution is 5.85. The highest BCUT2D eigenvalue weighted by atomic mass is 35.5. The number of amides is 1. The zero-order valence-electron chi connectivity index (χ0n) is 14.0. The maximum Gasteiger partial charge on any atom is 0.228 e. The Morgan fingerprint density at radius 1 is 1.29 bits per heavy atom. The summed E-state index contributed by atoms with van der Waals surface area (Å²) in [5, 5.41) is 3.23. The van der Waals surface area contributed by atoms with Gasteiger partial charge in [0, 0.05) is 18.5 Å². The quantitative estimate of drug-likeness (QED) is 0.813. The lowest BCUT2D eigenvalue weighted by Crippen LogP contribution is -2.51. The molecule has 0 spiro atoms. The minimum absolute atomic E-state index is 0. The van der Waals surface area contributed by atoms with Crippen molar-refractivity contribution in [1.82, 2.24) is 10.2 Å². The van der Waals surface area contributed by atoms with Gasteiger partial charge in [0.25, 0.3) is 0 Å². The normalized spacial score (nSPS) is 21.8. The number of piperidine rings is 1. The van der Waals surface area contributed by atoms with Crippen molar-refractivity contribution >= 4 is 18.3 Å². The van der Waals surface area contributed by atoms with Crippen molar-refractivity contribution < 1.29 is 4.79 Å². The van der Waals surface area contributed by atoms with Crippen LogP contribution in [-0.2, 0) is 4.79 Å². The molecule has 3 nitrogen and oxygen atoms in total. The lowest BCUT2D eigenvalue weighted by atomic mass is 9.63. The summed E-state index contributed by atoms with van der Waals surface area (Å²) in [6.07, 6.45) is 8.25. The van der Waals surface area contributed by atoms with Crippen molar-refractivity contribution in [2.24, 2.45) is 17.3 Å². The van der Waals surface area contributed by atoms with Crippen LogP contribution in [0.4, 0.5) is 0 Å². The molecule has 0 radical (unpaired) electrons. The third-order valence-corrected chi connectivity index (χ3v) is 5.27. The molecule has 2 aliphatic rings. The molecule has 1 aliphatic heterocycles. The molecule has 2 rings (SSSR count). The number of hydrogen-bond donors (Lipinski definition) is 1. The SMILES string of the molecule is CNCCC1CCN(C(=O)C2(CC(C)C)CCC2)CC1.Cl. The van der Waals surface area contributed by atoms with Gasteiger partial charge in [-0.25, -0.2) is 0 Å². The molecule has 1 saturated heterocycles. The first-order valence-corrected chi connectivity index (χ1v) is 8.51. The Balaban J connectivity index is 0.00000220. The number of nitrogens with zero attached hydrogens (tertiary/aromatic N) is 1. The topological polar surface area (TPSA) is 32.3 Å². The van der Waals surface area contributed by atoms with Crippen LogP contribution in [0, 0.1) is 17.3 Å². The summed E-state index contributed by atoms with van der Waals surface area (Å²) in [5.41, 5.74) is 0.0198. The van der Waals surface area contributed by atoms with Gasteiger partial charge in [-0.15, -0.1) is 12.4 Å². The van der Waals surface area contributed by atoms with E-state index in [0.717, 1.165) is 44.8 Å². The lowest BCUT2D eigenvalue weighted by Gasteiger charge is -2.46. The summed E-state index contributed by atoms with van der Waals surface area (Å²) in [5.74, 6) is 1.92. The summed E-state index contributed by atoms with van der Waals surface area (Å²) in [6.45, 7) is 7.59. The van der Waals surface area contributed by atoms with Crippen molar-refractivity contribution in [2.75, 3.05) is 26.7 Å². The second-order valence-corrected chi connectivity index (χ2v) is 7.36. The first-order valence-electron chi connectivity index (χ1n) is 8.51. The first kappa shape index (κ1) is 18.8. The van der Waals surface area contributed by atoms with Crippen LogP contribution in [0.5, 0.6) is 0 Å². The number of likely N-dealkylation sites (tertiary alicyclic amines) is 1. The molecule has 1 N–H and O–H groups in total. The average molecular weight is 317 g/mol. The second kappa shape index (κ2) is 8.38. The molecular weight excluding hydrogens is 284 g/mol. The maximum atomic E-state index is 12.9. The van der Waals surface area contributed by atoms with Crippen LogP contribution in [0.3, 0.4) is 0 Å². The van der Waals surface area contributed by atoms with Gasteiger partial charge in [-0.2, -0.15) is 0 Å². The lowest BCUT2D eigenvalue weighted by molar-refractivity contribution is -0.150. The number of rotatable bonds is 6. The average Bonchev–Trinajstić information content (AvgIpc) is 2.40. The molecule has 124 valence electrons. The summed E-state index contributed by atoms with van der Waals surface area (Å²) in [6, 6.07) is 0. The van der Waals surface area contributed by atoms with Gasteiger partial charge in [0.15, 0.2) is 0 Å². The summed E-state index contributed by atoms with van der Waals surface area (Å²) in [4.78, 5) is 15.1. The molecule has 4 heteroatoms. The van der Waals surface area contributed by atoms with Gasteiger partial charge in [-0.3, -0.25) is 4.79 Å². The Bertz CT molecular complexity index is 321. The molecule has 21 heavy (non-hydrogen) atoms. The zero-order chi connectivity index (χ0) is 14.6. The van der Waals surface area contributed by atoms with Crippen LogP contribution >= 0.6 is 12.4 Å². The molecule has 1 aliphatic carbocycles. The maximum absolute atomic E-state index is 12.9. The minimum atomic E-state index is 0. The van der Waals surface area contributed by atoms with E-state index in [1.54, 1.807) is 0 Å². The predicted molar refractivity (Wildman–Crippen MR) is 90.8 cm³/mol. The van der Waals surface area contributed by atoms with Gasteiger partial charge in [0.05, 0.1) is 0 Å². The van der Waals surface area contributed by atoms with Crippen molar-refractivity contribution in [3.8, 4) is 0 Å². The Hall–Kier alpha value is -0.280. The van der Waals surface area contributed by atoms with E-state index in [1.807, 2.05) is 7.05 Å². The first-order chi connectivity index (χ1) is 9.57. The van der Waals surface area contributed by atoms with E-state index in [-0.39, 0.29) is 17.8 Å². The van der Waals surface area contributed by atoms with Gasteiger partial charge >= 0.3 is 0 Å². The van der Waals surface area contributed by atoms with E-state index in [9.17, 15) is 4.79 Å². The number of nitrogens with one attached hydrogen (secondary N) is 1. The second-order valence-electron chi connectivity index (χ2n) is 7.36. The van der Waals surface area contributed by atoms with Crippen LogP contribution in [0.15, 0.2) is 0 Å². The summed E-state index contributed by atoms with van der Waals surface area (Å²) in [7, 11) is 2.02. The van der Waals surface area contributed by atoms with E-state index in [0.29, 0.717) is 11.8 Å². The molecule has 0 bridgehead atoms. The molecule has 0 aromatic rings. The summed E-state index contributed by atoms with van der Waals surface area (Å²) < 4.78 is 0. The van der Waals surface area contributed by atoms with E-state index in [1.165, 1.54) is 25.7 Å². The van der Waals surface area contributed by atoms with Crippen LogP contribution in [0.2, 0.25) is 0 Å². The third-order valence-electron chi connectivity index (χ3n) is 5.27. The largest absolute Gasteiger partial charge is 0.342 e. The molecule has 2 fully saturated rings. The van der Waals surface area contributed by atoms with Crippen molar-refractivity contribution in [1.29, 1.82) is 0 Å². The fourth-order valence-corrected chi connectivity index (χ4v) is 4.00. The zero-order valence-corrected chi connectivity index (χ0v) is 14.8. The van der Waals surface area contributed by atoms with Gasteiger partial charge in [0.1, 0.15) is 0 Å². The molecule has 1 saturated carbocycles. The van der Waals surface area contributed by atoms with Crippen molar-refractivity contribution in [3.05, 3.63) is 0 Å². The number of carbonyl (C=O) groups is 1. The molecule has 0 unspecified atom stereocenters. The summed E-state index contributed by atoms with van der Waals surface area (Å²) >= 11 is 0. The van der Waals surface area contributed by atoms with Gasteiger partial charge in [-0.05, 0) is 64.0 Å². The van der Waals surface area contributed by atoms with Gasteiger partial charge < -0.3 is 10.2 Å².